The Morgan fingerprint density at radius 2 is 2.00 bits per heavy atom. The van der Waals surface area contributed by atoms with Crippen molar-refractivity contribution in [1.29, 1.82) is 0 Å². The molecule has 1 aliphatic rings. The van der Waals surface area contributed by atoms with Gasteiger partial charge in [0.15, 0.2) is 5.78 Å². The fourth-order valence-corrected chi connectivity index (χ4v) is 3.19. The molecule has 0 radical (unpaired) electrons. The van der Waals surface area contributed by atoms with Crippen molar-refractivity contribution in [3.63, 3.8) is 0 Å². The van der Waals surface area contributed by atoms with E-state index in [0.29, 0.717) is 15.3 Å². The molecule has 1 aliphatic carbocycles. The highest BCUT2D eigenvalue weighted by atomic mass is 35.5. The Morgan fingerprint density at radius 3 is 2.61 bits per heavy atom. The third-order valence-corrected chi connectivity index (χ3v) is 4.42. The lowest BCUT2D eigenvalue weighted by Gasteiger charge is -2.11. The average Bonchev–Trinajstić information content (AvgIpc) is 2.97. The topological polar surface area (TPSA) is 46.2 Å². The second-order valence-corrected chi connectivity index (χ2v) is 6.29. The molecule has 0 spiro atoms. The summed E-state index contributed by atoms with van der Waals surface area (Å²) < 4.78 is 0.605. The second-order valence-electron chi connectivity index (χ2n) is 4.58. The number of ketones is 1. The maximum absolute atomic E-state index is 11.8. The Hall–Kier alpha value is -0.870. The number of amides is 1. The summed E-state index contributed by atoms with van der Waals surface area (Å²) in [7, 11) is 0. The molecule has 0 aliphatic heterocycles. The first-order valence-electron chi connectivity index (χ1n) is 6.23. The molecule has 0 saturated heterocycles. The summed E-state index contributed by atoms with van der Waals surface area (Å²) in [6.45, 7) is 0. The number of carbonyl (C=O) groups excluding carboxylic acids is 2. The standard InChI is InChI=1S/C13H16ClNO2S/c14-12-7-6-11(18-12)10(16)5-8-13(17)15-9-3-1-2-4-9/h6-7,9H,1-5,8H2,(H,15,17). The Morgan fingerprint density at radius 1 is 1.28 bits per heavy atom. The molecule has 1 aromatic rings. The number of hydrogen-bond acceptors (Lipinski definition) is 3. The third kappa shape index (κ3) is 3.82. The monoisotopic (exact) mass is 285 g/mol. The van der Waals surface area contributed by atoms with Gasteiger partial charge in [-0.3, -0.25) is 9.59 Å². The second kappa shape index (κ2) is 6.34. The fraction of sp³-hybridized carbons (Fsp3) is 0.538. The van der Waals surface area contributed by atoms with Gasteiger partial charge in [0.1, 0.15) is 0 Å². The van der Waals surface area contributed by atoms with Crippen molar-refractivity contribution < 1.29 is 9.59 Å². The van der Waals surface area contributed by atoms with Gasteiger partial charge in [-0.2, -0.15) is 0 Å². The van der Waals surface area contributed by atoms with Crippen LogP contribution in [0, 0.1) is 0 Å². The van der Waals surface area contributed by atoms with E-state index in [1.54, 1.807) is 12.1 Å². The molecule has 0 unspecified atom stereocenters. The van der Waals surface area contributed by atoms with Crippen LogP contribution in [0.2, 0.25) is 4.34 Å². The minimum Gasteiger partial charge on any atom is -0.353 e. The third-order valence-electron chi connectivity index (χ3n) is 3.15. The van der Waals surface area contributed by atoms with Crippen molar-refractivity contribution in [2.24, 2.45) is 0 Å². The van der Waals surface area contributed by atoms with Gasteiger partial charge in [-0.15, -0.1) is 11.3 Å². The van der Waals surface area contributed by atoms with Gasteiger partial charge >= 0.3 is 0 Å². The summed E-state index contributed by atoms with van der Waals surface area (Å²) in [5.74, 6) is -0.0219. The van der Waals surface area contributed by atoms with Gasteiger partial charge in [-0.25, -0.2) is 0 Å². The number of thiophene rings is 1. The molecular formula is C13H16ClNO2S. The average molecular weight is 286 g/mol. The van der Waals surface area contributed by atoms with Gasteiger partial charge in [0.25, 0.3) is 0 Å². The molecule has 1 heterocycles. The molecule has 0 atom stereocenters. The summed E-state index contributed by atoms with van der Waals surface area (Å²) in [5, 5.41) is 2.98. The van der Waals surface area contributed by atoms with Gasteiger partial charge < -0.3 is 5.32 Å². The van der Waals surface area contributed by atoms with Crippen molar-refractivity contribution in [2.45, 2.75) is 44.6 Å². The molecule has 1 amide bonds. The molecule has 1 fully saturated rings. The van der Waals surface area contributed by atoms with Gasteiger partial charge in [-0.05, 0) is 25.0 Å². The number of carbonyl (C=O) groups is 2. The van der Waals surface area contributed by atoms with E-state index in [0.717, 1.165) is 12.8 Å². The van der Waals surface area contributed by atoms with Crippen LogP contribution in [0.5, 0.6) is 0 Å². The molecule has 18 heavy (non-hydrogen) atoms. The normalized spacial score (nSPS) is 15.8. The van der Waals surface area contributed by atoms with Crippen molar-refractivity contribution >= 4 is 34.6 Å². The minimum absolute atomic E-state index is 0.00604. The van der Waals surface area contributed by atoms with Crippen LogP contribution < -0.4 is 5.32 Å². The summed E-state index contributed by atoms with van der Waals surface area (Å²) >= 11 is 7.03. The summed E-state index contributed by atoms with van der Waals surface area (Å²) in [6.07, 6.45) is 5.05. The van der Waals surface area contributed by atoms with Crippen LogP contribution in [0.15, 0.2) is 12.1 Å². The highest BCUT2D eigenvalue weighted by molar-refractivity contribution is 7.18. The first-order valence-corrected chi connectivity index (χ1v) is 7.42. The van der Waals surface area contributed by atoms with Crippen LogP contribution in [0.25, 0.3) is 0 Å². The van der Waals surface area contributed by atoms with Gasteiger partial charge in [0.2, 0.25) is 5.91 Å². The zero-order valence-electron chi connectivity index (χ0n) is 10.1. The maximum atomic E-state index is 11.8. The number of Topliss-reactive ketones (excluding diaryl/α,β-unsaturated/α-hetero) is 1. The highest BCUT2D eigenvalue weighted by Crippen LogP contribution is 2.23. The van der Waals surface area contributed by atoms with E-state index >= 15 is 0 Å². The molecule has 1 aromatic heterocycles. The lowest BCUT2D eigenvalue weighted by Crippen LogP contribution is -2.32. The van der Waals surface area contributed by atoms with Crippen LogP contribution in [-0.2, 0) is 4.79 Å². The first kappa shape index (κ1) is 13.6. The Labute approximate surface area is 116 Å². The van der Waals surface area contributed by atoms with Crippen molar-refractivity contribution in [3.05, 3.63) is 21.3 Å². The number of rotatable bonds is 5. The van der Waals surface area contributed by atoms with Crippen LogP contribution >= 0.6 is 22.9 Å². The lowest BCUT2D eigenvalue weighted by molar-refractivity contribution is -0.121. The van der Waals surface area contributed by atoms with E-state index in [4.69, 9.17) is 11.6 Å². The zero-order valence-corrected chi connectivity index (χ0v) is 11.6. The van der Waals surface area contributed by atoms with E-state index in [-0.39, 0.29) is 24.5 Å². The number of halogens is 1. The molecule has 5 heteroatoms. The van der Waals surface area contributed by atoms with Crippen LogP contribution in [0.3, 0.4) is 0 Å². The molecule has 1 saturated carbocycles. The SMILES string of the molecule is O=C(CCC(=O)c1ccc(Cl)s1)NC1CCCC1. The van der Waals surface area contributed by atoms with Crippen LogP contribution in [-0.4, -0.2) is 17.7 Å². The molecular weight excluding hydrogens is 270 g/mol. The van der Waals surface area contributed by atoms with E-state index in [9.17, 15) is 9.59 Å². The maximum Gasteiger partial charge on any atom is 0.220 e. The predicted molar refractivity (Wildman–Crippen MR) is 73.3 cm³/mol. The van der Waals surface area contributed by atoms with E-state index in [1.165, 1.54) is 24.2 Å². The molecule has 2 rings (SSSR count). The smallest absolute Gasteiger partial charge is 0.220 e. The predicted octanol–water partition coefficient (Wildman–Crippen LogP) is 3.42. The molecule has 3 nitrogen and oxygen atoms in total. The van der Waals surface area contributed by atoms with Crippen molar-refractivity contribution in [1.82, 2.24) is 5.32 Å². The lowest BCUT2D eigenvalue weighted by atomic mass is 10.1. The summed E-state index contributed by atoms with van der Waals surface area (Å²) in [4.78, 5) is 24.1. The molecule has 0 bridgehead atoms. The number of hydrogen-bond donors (Lipinski definition) is 1. The zero-order chi connectivity index (χ0) is 13.0. The van der Waals surface area contributed by atoms with E-state index in [2.05, 4.69) is 5.32 Å². The fourth-order valence-electron chi connectivity index (χ4n) is 2.18. The van der Waals surface area contributed by atoms with Gasteiger partial charge in [0.05, 0.1) is 9.21 Å². The molecule has 1 N–H and O–H groups in total. The first-order chi connectivity index (χ1) is 8.65. The summed E-state index contributed by atoms with van der Waals surface area (Å²) in [5.41, 5.74) is 0. The highest BCUT2D eigenvalue weighted by Gasteiger charge is 2.18. The minimum atomic E-state index is -0.0158. The van der Waals surface area contributed by atoms with Crippen molar-refractivity contribution in [2.75, 3.05) is 0 Å². The van der Waals surface area contributed by atoms with Crippen LogP contribution in [0.1, 0.15) is 48.2 Å². The Kier molecular flexibility index (Phi) is 4.78. The van der Waals surface area contributed by atoms with Crippen molar-refractivity contribution in [3.8, 4) is 0 Å². The number of nitrogens with one attached hydrogen (secondary N) is 1. The van der Waals surface area contributed by atoms with E-state index in [1.807, 2.05) is 0 Å². The molecule has 98 valence electrons. The van der Waals surface area contributed by atoms with Crippen LogP contribution in [0.4, 0.5) is 0 Å². The Bertz CT molecular complexity index is 438. The van der Waals surface area contributed by atoms with Gasteiger partial charge in [0, 0.05) is 18.9 Å². The quantitative estimate of drug-likeness (QED) is 0.843. The Balaban J connectivity index is 1.73. The van der Waals surface area contributed by atoms with Gasteiger partial charge in [-0.1, -0.05) is 24.4 Å². The molecule has 0 aromatic carbocycles. The largest absolute Gasteiger partial charge is 0.353 e. The van der Waals surface area contributed by atoms with E-state index < -0.39 is 0 Å². The summed E-state index contributed by atoms with van der Waals surface area (Å²) in [6, 6.07) is 3.74.